The number of amides is 1. The number of carbonyl (C=O) groups excluding carboxylic acids is 1. The highest BCUT2D eigenvalue weighted by Gasteiger charge is 2.29. The molecule has 2 atom stereocenters. The standard InChI is InChI=1S/C22H30N4O2/c1-15-12-17-8-11-24-21(20(17)26-22(15)27)25-18-9-10-23-13-19(18)28-14-16-6-4-2-3-5-7-16/h8,11-12,16,18-19,23H,2-7,9-10,13-14H2,1H3/t18-,19-/m1/s1. The lowest BCUT2D eigenvalue weighted by molar-refractivity contribution is -0.114. The van der Waals surface area contributed by atoms with Crippen LogP contribution in [-0.4, -0.2) is 55.5 Å². The Morgan fingerprint density at radius 3 is 2.86 bits per heavy atom. The predicted molar refractivity (Wildman–Crippen MR) is 112 cm³/mol. The van der Waals surface area contributed by atoms with E-state index in [-0.39, 0.29) is 18.1 Å². The molecule has 1 saturated heterocycles. The molecule has 0 bridgehead atoms. The number of allylic oxidation sites excluding steroid dienone is 2. The van der Waals surface area contributed by atoms with E-state index >= 15 is 0 Å². The number of dihydropyridines is 2. The van der Waals surface area contributed by atoms with Crippen LogP contribution in [0.1, 0.15) is 51.9 Å². The monoisotopic (exact) mass is 382 g/mol. The largest absolute Gasteiger partial charge is 0.374 e. The van der Waals surface area contributed by atoms with Gasteiger partial charge in [0.2, 0.25) is 0 Å². The fraction of sp³-hybridized carbons (Fsp3) is 0.636. The summed E-state index contributed by atoms with van der Waals surface area (Å²) in [5.41, 5.74) is 2.16. The van der Waals surface area contributed by atoms with Crippen LogP contribution in [0, 0.1) is 5.92 Å². The van der Waals surface area contributed by atoms with Crippen molar-refractivity contribution in [2.75, 3.05) is 19.7 Å². The molecular weight excluding hydrogens is 352 g/mol. The molecule has 3 heterocycles. The number of rotatable bonds is 4. The Morgan fingerprint density at radius 1 is 1.21 bits per heavy atom. The summed E-state index contributed by atoms with van der Waals surface area (Å²) in [6, 6.07) is 0.0448. The Hall–Kier alpha value is -1.92. The van der Waals surface area contributed by atoms with E-state index in [4.69, 9.17) is 9.73 Å². The second-order valence-corrected chi connectivity index (χ2v) is 8.24. The Kier molecular flexibility index (Phi) is 6.27. The highest BCUT2D eigenvalue weighted by atomic mass is 16.5. The van der Waals surface area contributed by atoms with E-state index in [0.29, 0.717) is 23.0 Å². The molecule has 3 aliphatic heterocycles. The number of carbonyl (C=O) groups is 1. The lowest BCUT2D eigenvalue weighted by Crippen LogP contribution is -2.46. The van der Waals surface area contributed by atoms with Gasteiger partial charge in [0.15, 0.2) is 5.84 Å². The molecule has 150 valence electrons. The summed E-state index contributed by atoms with van der Waals surface area (Å²) < 4.78 is 6.35. The summed E-state index contributed by atoms with van der Waals surface area (Å²) in [5, 5.41) is 3.43. The number of piperidine rings is 1. The Labute approximate surface area is 167 Å². The molecule has 1 amide bonds. The van der Waals surface area contributed by atoms with Gasteiger partial charge < -0.3 is 10.1 Å². The quantitative estimate of drug-likeness (QED) is 0.760. The van der Waals surface area contributed by atoms with Crippen LogP contribution in [0.15, 0.2) is 38.3 Å². The molecule has 28 heavy (non-hydrogen) atoms. The van der Waals surface area contributed by atoms with Crippen LogP contribution in [0.2, 0.25) is 0 Å². The van der Waals surface area contributed by atoms with Gasteiger partial charge in [-0.15, -0.1) is 0 Å². The summed E-state index contributed by atoms with van der Waals surface area (Å²) in [6.07, 6.45) is 14.4. The van der Waals surface area contributed by atoms with Crippen molar-refractivity contribution in [3.8, 4) is 0 Å². The minimum atomic E-state index is -0.205. The molecular formula is C22H30N4O2. The van der Waals surface area contributed by atoms with Gasteiger partial charge in [-0.25, -0.2) is 9.98 Å². The number of ether oxygens (including phenoxy) is 1. The minimum Gasteiger partial charge on any atom is -0.374 e. The smallest absolute Gasteiger partial charge is 0.273 e. The van der Waals surface area contributed by atoms with Crippen LogP contribution in [0.4, 0.5) is 0 Å². The summed E-state index contributed by atoms with van der Waals surface area (Å²) in [6.45, 7) is 4.34. The van der Waals surface area contributed by atoms with Crippen molar-refractivity contribution < 1.29 is 9.53 Å². The van der Waals surface area contributed by atoms with E-state index in [9.17, 15) is 4.79 Å². The van der Waals surface area contributed by atoms with Crippen LogP contribution in [-0.2, 0) is 9.53 Å². The fourth-order valence-corrected chi connectivity index (χ4v) is 4.35. The molecule has 0 aromatic rings. The highest BCUT2D eigenvalue weighted by molar-refractivity contribution is 6.53. The summed E-state index contributed by atoms with van der Waals surface area (Å²) in [4.78, 5) is 25.6. The molecule has 4 aliphatic rings. The average molecular weight is 383 g/mol. The van der Waals surface area contributed by atoms with Gasteiger partial charge in [0.1, 0.15) is 5.71 Å². The van der Waals surface area contributed by atoms with Crippen molar-refractivity contribution in [3.63, 3.8) is 0 Å². The number of aliphatic imine (C=N–C) groups is 3. The third kappa shape index (κ3) is 4.55. The van der Waals surface area contributed by atoms with E-state index in [0.717, 1.165) is 31.7 Å². The lowest BCUT2D eigenvalue weighted by Gasteiger charge is -2.31. The molecule has 1 aliphatic carbocycles. The molecule has 6 nitrogen and oxygen atoms in total. The molecule has 1 saturated carbocycles. The summed E-state index contributed by atoms with van der Waals surface area (Å²) in [5.74, 6) is 1.03. The van der Waals surface area contributed by atoms with Crippen molar-refractivity contribution >= 4 is 23.7 Å². The molecule has 0 unspecified atom stereocenters. The van der Waals surface area contributed by atoms with Crippen molar-refractivity contribution in [2.24, 2.45) is 20.9 Å². The van der Waals surface area contributed by atoms with Gasteiger partial charge in [0.25, 0.3) is 5.91 Å². The SMILES string of the molecule is CC1=CC2=CC=NC(=N[C@@H]3CCNC[C@H]3OCC3CCCCCC3)C2=NC1=O. The number of hydrogen-bond donors (Lipinski definition) is 1. The van der Waals surface area contributed by atoms with Crippen LogP contribution in [0.5, 0.6) is 0 Å². The number of nitrogens with zero attached hydrogens (tertiary/aromatic N) is 3. The highest BCUT2D eigenvalue weighted by Crippen LogP contribution is 2.25. The lowest BCUT2D eigenvalue weighted by atomic mass is 9.99. The van der Waals surface area contributed by atoms with Gasteiger partial charge in [-0.1, -0.05) is 25.7 Å². The molecule has 6 heteroatoms. The van der Waals surface area contributed by atoms with Crippen molar-refractivity contribution in [1.82, 2.24) is 5.32 Å². The molecule has 0 radical (unpaired) electrons. The molecule has 4 rings (SSSR count). The Morgan fingerprint density at radius 2 is 2.04 bits per heavy atom. The maximum absolute atomic E-state index is 12.0. The normalized spacial score (nSPS) is 30.4. The maximum Gasteiger partial charge on any atom is 0.273 e. The van der Waals surface area contributed by atoms with E-state index in [1.54, 1.807) is 13.1 Å². The third-order valence-electron chi connectivity index (χ3n) is 6.06. The van der Waals surface area contributed by atoms with Gasteiger partial charge in [0.05, 0.1) is 12.1 Å². The number of nitrogens with one attached hydrogen (secondary N) is 1. The van der Waals surface area contributed by atoms with Crippen LogP contribution in [0.25, 0.3) is 0 Å². The first-order valence-electron chi connectivity index (χ1n) is 10.7. The first-order chi connectivity index (χ1) is 13.7. The van der Waals surface area contributed by atoms with E-state index in [2.05, 4.69) is 15.3 Å². The zero-order chi connectivity index (χ0) is 19.3. The van der Waals surface area contributed by atoms with Gasteiger partial charge >= 0.3 is 0 Å². The van der Waals surface area contributed by atoms with Crippen LogP contribution < -0.4 is 5.32 Å². The Balaban J connectivity index is 1.45. The van der Waals surface area contributed by atoms with Crippen molar-refractivity contribution in [1.29, 1.82) is 0 Å². The van der Waals surface area contributed by atoms with Gasteiger partial charge in [-0.3, -0.25) is 9.79 Å². The van der Waals surface area contributed by atoms with Crippen LogP contribution >= 0.6 is 0 Å². The number of fused-ring (bicyclic) bond motifs is 1. The van der Waals surface area contributed by atoms with Gasteiger partial charge in [0, 0.05) is 30.5 Å². The maximum atomic E-state index is 12.0. The van der Waals surface area contributed by atoms with Gasteiger partial charge in [-0.2, -0.15) is 0 Å². The zero-order valence-corrected chi connectivity index (χ0v) is 16.7. The molecule has 0 aromatic heterocycles. The molecule has 1 N–H and O–H groups in total. The minimum absolute atomic E-state index is 0.0448. The van der Waals surface area contributed by atoms with E-state index < -0.39 is 0 Å². The molecule has 0 spiro atoms. The number of hydrogen-bond acceptors (Lipinski definition) is 4. The van der Waals surface area contributed by atoms with Crippen molar-refractivity contribution in [2.45, 2.75) is 64.0 Å². The topological polar surface area (TPSA) is 75.4 Å². The van der Waals surface area contributed by atoms with Crippen LogP contribution in [0.3, 0.4) is 0 Å². The average Bonchev–Trinajstić information content (AvgIpc) is 2.98. The second kappa shape index (κ2) is 9.05. The molecule has 2 fully saturated rings. The second-order valence-electron chi connectivity index (χ2n) is 8.24. The fourth-order valence-electron chi connectivity index (χ4n) is 4.35. The third-order valence-corrected chi connectivity index (χ3v) is 6.06. The Bertz CT molecular complexity index is 754. The first kappa shape index (κ1) is 19.4. The first-order valence-corrected chi connectivity index (χ1v) is 10.7. The predicted octanol–water partition coefficient (Wildman–Crippen LogP) is 3.04. The van der Waals surface area contributed by atoms with E-state index in [1.807, 2.05) is 12.2 Å². The van der Waals surface area contributed by atoms with Crippen molar-refractivity contribution in [3.05, 3.63) is 23.3 Å². The number of amidine groups is 1. The van der Waals surface area contributed by atoms with E-state index in [1.165, 1.54) is 38.5 Å². The van der Waals surface area contributed by atoms with Gasteiger partial charge in [-0.05, 0) is 50.8 Å². The molecule has 0 aromatic carbocycles. The summed E-state index contributed by atoms with van der Waals surface area (Å²) in [7, 11) is 0. The summed E-state index contributed by atoms with van der Waals surface area (Å²) >= 11 is 0. The zero-order valence-electron chi connectivity index (χ0n) is 16.7.